The number of rotatable bonds is 6. The Hall–Kier alpha value is -2.86. The zero-order valence-corrected chi connectivity index (χ0v) is 16.2. The van der Waals surface area contributed by atoms with Crippen LogP contribution in [0, 0.1) is 5.92 Å². The summed E-state index contributed by atoms with van der Waals surface area (Å²) < 4.78 is 5.10. The first-order chi connectivity index (χ1) is 13.5. The van der Waals surface area contributed by atoms with Gasteiger partial charge >= 0.3 is 5.97 Å². The number of halogens is 1. The van der Waals surface area contributed by atoms with Crippen molar-refractivity contribution in [3.8, 4) is 0 Å². The van der Waals surface area contributed by atoms with E-state index in [0.717, 1.165) is 6.42 Å². The molecule has 1 fully saturated rings. The molecule has 1 atom stereocenters. The molecule has 1 aliphatic rings. The van der Waals surface area contributed by atoms with Gasteiger partial charge in [0.1, 0.15) is 0 Å². The summed E-state index contributed by atoms with van der Waals surface area (Å²) >= 11 is 6.13. The van der Waals surface area contributed by atoms with Crippen LogP contribution in [-0.2, 0) is 25.5 Å². The SMILES string of the molecule is CCc1ccc(NC(=O)COC(=O)[C@@H]2CC(=O)N(c3ccccc3Cl)C2)cc1. The molecule has 2 aromatic rings. The molecule has 0 unspecified atom stereocenters. The summed E-state index contributed by atoms with van der Waals surface area (Å²) in [6.07, 6.45) is 0.946. The number of hydrogen-bond donors (Lipinski definition) is 1. The molecular weight excluding hydrogens is 380 g/mol. The number of ether oxygens (including phenoxy) is 1. The highest BCUT2D eigenvalue weighted by Crippen LogP contribution is 2.31. The molecule has 0 aromatic heterocycles. The van der Waals surface area contributed by atoms with E-state index in [1.807, 2.05) is 19.1 Å². The van der Waals surface area contributed by atoms with Crippen LogP contribution in [0.1, 0.15) is 18.9 Å². The third-order valence-electron chi connectivity index (χ3n) is 4.59. The summed E-state index contributed by atoms with van der Waals surface area (Å²) in [5, 5.41) is 3.12. The van der Waals surface area contributed by atoms with Gasteiger partial charge in [-0.05, 0) is 36.2 Å². The number of nitrogens with zero attached hydrogens (tertiary/aromatic N) is 1. The predicted molar refractivity (Wildman–Crippen MR) is 107 cm³/mol. The fourth-order valence-corrected chi connectivity index (χ4v) is 3.28. The predicted octanol–water partition coefficient (Wildman–Crippen LogP) is 3.44. The molecule has 6 nitrogen and oxygen atoms in total. The van der Waals surface area contributed by atoms with Gasteiger partial charge in [0.15, 0.2) is 6.61 Å². The van der Waals surface area contributed by atoms with E-state index >= 15 is 0 Å². The van der Waals surface area contributed by atoms with Gasteiger partial charge in [0, 0.05) is 18.7 Å². The van der Waals surface area contributed by atoms with E-state index in [1.54, 1.807) is 36.4 Å². The number of nitrogens with one attached hydrogen (secondary N) is 1. The Kier molecular flexibility index (Phi) is 6.31. The van der Waals surface area contributed by atoms with Crippen LogP contribution in [0.2, 0.25) is 5.02 Å². The largest absolute Gasteiger partial charge is 0.455 e. The Balaban J connectivity index is 1.51. The van der Waals surface area contributed by atoms with E-state index in [1.165, 1.54) is 10.5 Å². The molecular formula is C21H21ClN2O4. The third-order valence-corrected chi connectivity index (χ3v) is 4.91. The number of aryl methyl sites for hydroxylation is 1. The van der Waals surface area contributed by atoms with Gasteiger partial charge < -0.3 is 15.0 Å². The summed E-state index contributed by atoms with van der Waals surface area (Å²) in [4.78, 5) is 38.0. The smallest absolute Gasteiger partial charge is 0.311 e. The number of benzene rings is 2. The molecule has 1 heterocycles. The zero-order valence-electron chi connectivity index (χ0n) is 15.5. The maximum Gasteiger partial charge on any atom is 0.311 e. The second-order valence-corrected chi connectivity index (χ2v) is 6.97. The van der Waals surface area contributed by atoms with Crippen molar-refractivity contribution >= 4 is 40.8 Å². The van der Waals surface area contributed by atoms with Gasteiger partial charge in [0.25, 0.3) is 5.91 Å². The van der Waals surface area contributed by atoms with Crippen LogP contribution in [0.15, 0.2) is 48.5 Å². The first kappa shape index (κ1) is 19.9. The molecule has 1 saturated heterocycles. The lowest BCUT2D eigenvalue weighted by Crippen LogP contribution is -2.28. The van der Waals surface area contributed by atoms with Gasteiger partial charge in [0.2, 0.25) is 5.91 Å². The van der Waals surface area contributed by atoms with Crippen LogP contribution < -0.4 is 10.2 Å². The number of para-hydroxylation sites is 1. The van der Waals surface area contributed by atoms with Crippen molar-refractivity contribution < 1.29 is 19.1 Å². The summed E-state index contributed by atoms with van der Waals surface area (Å²) in [6, 6.07) is 14.4. The Bertz CT molecular complexity index is 882. The molecule has 28 heavy (non-hydrogen) atoms. The Labute approximate surface area is 168 Å². The number of anilines is 2. The molecule has 0 saturated carbocycles. The number of esters is 1. The molecule has 0 spiro atoms. The highest BCUT2D eigenvalue weighted by atomic mass is 35.5. The number of carbonyl (C=O) groups is 3. The monoisotopic (exact) mass is 400 g/mol. The molecule has 0 aliphatic carbocycles. The van der Waals surface area contributed by atoms with Gasteiger partial charge in [-0.15, -0.1) is 0 Å². The van der Waals surface area contributed by atoms with Crippen LogP contribution in [-0.4, -0.2) is 30.9 Å². The Morgan fingerprint density at radius 3 is 2.57 bits per heavy atom. The fraction of sp³-hybridized carbons (Fsp3) is 0.286. The lowest BCUT2D eigenvalue weighted by atomic mass is 10.1. The first-order valence-electron chi connectivity index (χ1n) is 9.08. The van der Waals surface area contributed by atoms with Gasteiger partial charge in [-0.3, -0.25) is 14.4 Å². The van der Waals surface area contributed by atoms with Crippen molar-refractivity contribution in [3.63, 3.8) is 0 Å². The molecule has 3 rings (SSSR count). The molecule has 2 aromatic carbocycles. The van der Waals surface area contributed by atoms with Crippen molar-refractivity contribution in [2.45, 2.75) is 19.8 Å². The second kappa shape index (κ2) is 8.89. The minimum atomic E-state index is -0.625. The number of amides is 2. The van der Waals surface area contributed by atoms with Crippen molar-refractivity contribution in [2.75, 3.05) is 23.4 Å². The van der Waals surface area contributed by atoms with E-state index < -0.39 is 24.4 Å². The highest BCUT2D eigenvalue weighted by Gasteiger charge is 2.37. The molecule has 7 heteroatoms. The Morgan fingerprint density at radius 2 is 1.89 bits per heavy atom. The highest BCUT2D eigenvalue weighted by molar-refractivity contribution is 6.33. The van der Waals surface area contributed by atoms with Crippen LogP contribution in [0.3, 0.4) is 0 Å². The summed E-state index contributed by atoms with van der Waals surface area (Å²) in [5.74, 6) is -1.82. The molecule has 1 aliphatic heterocycles. The van der Waals surface area contributed by atoms with E-state index in [9.17, 15) is 14.4 Å². The van der Waals surface area contributed by atoms with Gasteiger partial charge in [-0.2, -0.15) is 0 Å². The maximum atomic E-state index is 12.3. The maximum absolute atomic E-state index is 12.3. The summed E-state index contributed by atoms with van der Waals surface area (Å²) in [6.45, 7) is 1.83. The Morgan fingerprint density at radius 1 is 1.18 bits per heavy atom. The van der Waals surface area contributed by atoms with Gasteiger partial charge in [-0.25, -0.2) is 0 Å². The lowest BCUT2D eigenvalue weighted by molar-refractivity contribution is -0.151. The van der Waals surface area contributed by atoms with Crippen LogP contribution in [0.25, 0.3) is 0 Å². The fourth-order valence-electron chi connectivity index (χ4n) is 3.04. The molecule has 0 bridgehead atoms. The van der Waals surface area contributed by atoms with Crippen molar-refractivity contribution in [1.29, 1.82) is 0 Å². The standard InChI is InChI=1S/C21H21ClN2O4/c1-2-14-7-9-16(10-8-14)23-19(25)13-28-21(27)15-11-20(26)24(12-15)18-6-4-3-5-17(18)22/h3-10,15H,2,11-13H2,1H3,(H,23,25)/t15-/m1/s1. The molecule has 1 N–H and O–H groups in total. The normalized spacial score (nSPS) is 16.1. The lowest BCUT2D eigenvalue weighted by Gasteiger charge is -2.17. The van der Waals surface area contributed by atoms with Crippen LogP contribution >= 0.6 is 11.6 Å². The van der Waals surface area contributed by atoms with Crippen molar-refractivity contribution in [3.05, 3.63) is 59.1 Å². The summed E-state index contributed by atoms with van der Waals surface area (Å²) in [7, 11) is 0. The number of hydrogen-bond acceptors (Lipinski definition) is 4. The third kappa shape index (κ3) is 4.70. The summed E-state index contributed by atoms with van der Waals surface area (Å²) in [5.41, 5.74) is 2.37. The van der Waals surface area contributed by atoms with E-state index in [2.05, 4.69) is 5.32 Å². The molecule has 2 amide bonds. The van der Waals surface area contributed by atoms with Crippen LogP contribution in [0.5, 0.6) is 0 Å². The van der Waals surface area contributed by atoms with Crippen LogP contribution in [0.4, 0.5) is 11.4 Å². The van der Waals surface area contributed by atoms with Crippen molar-refractivity contribution in [1.82, 2.24) is 0 Å². The molecule has 146 valence electrons. The minimum Gasteiger partial charge on any atom is -0.455 e. The minimum absolute atomic E-state index is 0.0319. The van der Waals surface area contributed by atoms with Gasteiger partial charge in [0.05, 0.1) is 16.6 Å². The number of carbonyl (C=O) groups excluding carboxylic acids is 3. The van der Waals surface area contributed by atoms with Crippen molar-refractivity contribution in [2.24, 2.45) is 5.92 Å². The average Bonchev–Trinajstić information content (AvgIpc) is 3.08. The average molecular weight is 401 g/mol. The topological polar surface area (TPSA) is 75.7 Å². The van der Waals surface area contributed by atoms with E-state index in [0.29, 0.717) is 16.4 Å². The first-order valence-corrected chi connectivity index (χ1v) is 9.46. The van der Waals surface area contributed by atoms with E-state index in [-0.39, 0.29) is 18.9 Å². The molecule has 0 radical (unpaired) electrons. The second-order valence-electron chi connectivity index (χ2n) is 6.56. The quantitative estimate of drug-likeness (QED) is 0.753. The van der Waals surface area contributed by atoms with E-state index in [4.69, 9.17) is 16.3 Å². The van der Waals surface area contributed by atoms with Gasteiger partial charge in [-0.1, -0.05) is 42.8 Å². The zero-order chi connectivity index (χ0) is 20.1.